The van der Waals surface area contributed by atoms with Crippen LogP contribution in [0.4, 0.5) is 24.5 Å². The molecule has 5 nitrogen and oxygen atoms in total. The van der Waals surface area contributed by atoms with Crippen LogP contribution >= 0.6 is 0 Å². The number of halogens is 3. The molecule has 1 aliphatic rings. The van der Waals surface area contributed by atoms with E-state index in [0.717, 1.165) is 0 Å². The summed E-state index contributed by atoms with van der Waals surface area (Å²) in [7, 11) is 0. The first-order valence-electron chi connectivity index (χ1n) is 5.45. The molecule has 0 unspecified atom stereocenters. The van der Waals surface area contributed by atoms with Gasteiger partial charge in [0.15, 0.2) is 11.5 Å². The maximum atomic E-state index is 12.2. The van der Waals surface area contributed by atoms with E-state index in [1.54, 1.807) is 5.32 Å². The topological polar surface area (TPSA) is 73.6 Å². The third-order valence-corrected chi connectivity index (χ3v) is 2.38. The molecule has 0 spiro atoms. The van der Waals surface area contributed by atoms with Crippen molar-refractivity contribution in [2.75, 3.05) is 24.3 Å². The fourth-order valence-electron chi connectivity index (χ4n) is 1.58. The molecule has 104 valence electrons. The molecule has 19 heavy (non-hydrogen) atoms. The summed E-state index contributed by atoms with van der Waals surface area (Å²) in [5.41, 5.74) is 5.57. The molecule has 2 rings (SSSR count). The van der Waals surface area contributed by atoms with Gasteiger partial charge in [0, 0.05) is 18.2 Å². The summed E-state index contributed by atoms with van der Waals surface area (Å²) in [5.74, 6) is -1.81. The minimum absolute atomic E-state index is 0.0595. The van der Waals surface area contributed by atoms with Crippen molar-refractivity contribution in [3.63, 3.8) is 0 Å². The predicted molar refractivity (Wildman–Crippen MR) is 61.1 cm³/mol. The first-order chi connectivity index (χ1) is 8.88. The lowest BCUT2D eigenvalue weighted by atomic mass is 10.2. The minimum Gasteiger partial charge on any atom is -0.489 e. The highest BCUT2D eigenvalue weighted by molar-refractivity contribution is 5.97. The van der Waals surface area contributed by atoms with E-state index >= 15 is 0 Å². The van der Waals surface area contributed by atoms with E-state index in [1.807, 2.05) is 0 Å². The van der Waals surface area contributed by atoms with Crippen molar-refractivity contribution in [2.45, 2.75) is 12.6 Å². The number of rotatable bonds is 1. The molecule has 0 aromatic heterocycles. The number of nitrogen functional groups attached to an aromatic ring is 1. The van der Waals surface area contributed by atoms with Gasteiger partial charge in [-0.25, -0.2) is 0 Å². The lowest BCUT2D eigenvalue weighted by Gasteiger charge is -2.15. The van der Waals surface area contributed by atoms with E-state index in [0.29, 0.717) is 13.0 Å². The lowest BCUT2D eigenvalue weighted by Crippen LogP contribution is -2.30. The number of carbonyl (C=O) groups excluding carboxylic acids is 1. The zero-order valence-electron chi connectivity index (χ0n) is 9.71. The van der Waals surface area contributed by atoms with Gasteiger partial charge in [-0.2, -0.15) is 13.2 Å². The van der Waals surface area contributed by atoms with Crippen LogP contribution in [0.15, 0.2) is 12.1 Å². The second kappa shape index (κ2) is 4.87. The number of benzene rings is 1. The standard InChI is InChI=1S/C11H11F3N2O3/c12-11(13,14)10(17)16-7-4-6(15)5-8-9(7)19-3-1-2-18-8/h4-5H,1-3,15H2,(H,16,17). The number of amides is 1. The summed E-state index contributed by atoms with van der Waals surface area (Å²) in [4.78, 5) is 10.9. The summed E-state index contributed by atoms with van der Waals surface area (Å²) >= 11 is 0. The van der Waals surface area contributed by atoms with Crippen molar-refractivity contribution in [3.05, 3.63) is 12.1 Å². The van der Waals surface area contributed by atoms with E-state index in [9.17, 15) is 18.0 Å². The van der Waals surface area contributed by atoms with Crippen LogP contribution in [-0.2, 0) is 4.79 Å². The highest BCUT2D eigenvalue weighted by atomic mass is 19.4. The largest absolute Gasteiger partial charge is 0.489 e. The highest BCUT2D eigenvalue weighted by Crippen LogP contribution is 2.39. The minimum atomic E-state index is -4.98. The van der Waals surface area contributed by atoms with E-state index in [1.165, 1.54) is 12.1 Å². The van der Waals surface area contributed by atoms with Crippen molar-refractivity contribution in [1.29, 1.82) is 0 Å². The molecule has 0 saturated heterocycles. The van der Waals surface area contributed by atoms with Crippen LogP contribution < -0.4 is 20.5 Å². The molecule has 0 fully saturated rings. The van der Waals surface area contributed by atoms with E-state index in [4.69, 9.17) is 15.2 Å². The zero-order chi connectivity index (χ0) is 14.0. The van der Waals surface area contributed by atoms with E-state index < -0.39 is 12.1 Å². The molecule has 0 aliphatic carbocycles. The Morgan fingerprint density at radius 1 is 1.26 bits per heavy atom. The van der Waals surface area contributed by atoms with Gasteiger partial charge in [-0.3, -0.25) is 4.79 Å². The monoisotopic (exact) mass is 276 g/mol. The van der Waals surface area contributed by atoms with Gasteiger partial charge in [0.1, 0.15) is 0 Å². The maximum absolute atomic E-state index is 12.2. The number of hydrogen-bond donors (Lipinski definition) is 2. The van der Waals surface area contributed by atoms with Gasteiger partial charge in [-0.15, -0.1) is 0 Å². The van der Waals surface area contributed by atoms with Gasteiger partial charge in [0.2, 0.25) is 0 Å². The molecular weight excluding hydrogens is 265 g/mol. The van der Waals surface area contributed by atoms with E-state index in [-0.39, 0.29) is 29.5 Å². The zero-order valence-corrected chi connectivity index (χ0v) is 9.71. The molecule has 1 heterocycles. The lowest BCUT2D eigenvalue weighted by molar-refractivity contribution is -0.167. The van der Waals surface area contributed by atoms with Gasteiger partial charge in [0.25, 0.3) is 0 Å². The first kappa shape index (κ1) is 13.3. The average molecular weight is 276 g/mol. The fourth-order valence-corrected chi connectivity index (χ4v) is 1.58. The van der Waals surface area contributed by atoms with Crippen molar-refractivity contribution in [1.82, 2.24) is 0 Å². The molecule has 1 aromatic rings. The molecule has 0 radical (unpaired) electrons. The third-order valence-electron chi connectivity index (χ3n) is 2.38. The number of ether oxygens (including phenoxy) is 2. The fraction of sp³-hybridized carbons (Fsp3) is 0.364. The first-order valence-corrected chi connectivity index (χ1v) is 5.45. The Morgan fingerprint density at radius 2 is 1.95 bits per heavy atom. The number of fused-ring (bicyclic) bond motifs is 1. The molecule has 8 heteroatoms. The summed E-state index contributed by atoms with van der Waals surface area (Å²) in [6.45, 7) is 0.648. The number of anilines is 2. The van der Waals surface area contributed by atoms with Gasteiger partial charge in [-0.05, 0) is 6.07 Å². The van der Waals surface area contributed by atoms with Gasteiger partial charge in [0.05, 0.1) is 18.9 Å². The second-order valence-electron chi connectivity index (χ2n) is 3.90. The number of hydrogen-bond acceptors (Lipinski definition) is 4. The van der Waals surface area contributed by atoms with Crippen LogP contribution in [0.1, 0.15) is 6.42 Å². The molecule has 1 aliphatic heterocycles. The summed E-state index contributed by atoms with van der Waals surface area (Å²) in [5, 5.41) is 1.73. The van der Waals surface area contributed by atoms with Gasteiger partial charge >= 0.3 is 12.1 Å². The smallest absolute Gasteiger partial charge is 0.471 e. The molecular formula is C11H11F3N2O3. The van der Waals surface area contributed by atoms with Gasteiger partial charge < -0.3 is 20.5 Å². The third kappa shape index (κ3) is 3.01. The Labute approximate surface area is 106 Å². The number of nitrogens with two attached hydrogens (primary N) is 1. The van der Waals surface area contributed by atoms with E-state index in [2.05, 4.69) is 0 Å². The Hall–Kier alpha value is -2.12. The molecule has 0 bridgehead atoms. The Balaban J connectivity index is 2.34. The van der Waals surface area contributed by atoms with Crippen LogP contribution in [0.2, 0.25) is 0 Å². The molecule has 0 atom stereocenters. The van der Waals surface area contributed by atoms with Crippen LogP contribution in [0, 0.1) is 0 Å². The molecule has 0 saturated carbocycles. The number of carbonyl (C=O) groups is 1. The summed E-state index contributed by atoms with van der Waals surface area (Å²) in [6, 6.07) is 2.63. The SMILES string of the molecule is Nc1cc(NC(=O)C(F)(F)F)c2c(c1)OCCCO2. The predicted octanol–water partition coefficient (Wildman–Crippen LogP) is 1.93. The number of alkyl halides is 3. The number of nitrogens with one attached hydrogen (secondary N) is 1. The maximum Gasteiger partial charge on any atom is 0.471 e. The van der Waals surface area contributed by atoms with Gasteiger partial charge in [-0.1, -0.05) is 0 Å². The normalized spacial score (nSPS) is 14.7. The molecule has 1 amide bonds. The van der Waals surface area contributed by atoms with Crippen molar-refractivity contribution < 1.29 is 27.4 Å². The van der Waals surface area contributed by atoms with Crippen LogP contribution in [0.5, 0.6) is 11.5 Å². The summed E-state index contributed by atoms with van der Waals surface area (Å²) < 4.78 is 47.3. The molecule has 3 N–H and O–H groups in total. The average Bonchev–Trinajstić information content (AvgIpc) is 2.52. The highest BCUT2D eigenvalue weighted by Gasteiger charge is 2.39. The molecule has 1 aromatic carbocycles. The van der Waals surface area contributed by atoms with Crippen LogP contribution in [-0.4, -0.2) is 25.3 Å². The Morgan fingerprint density at radius 3 is 2.63 bits per heavy atom. The second-order valence-corrected chi connectivity index (χ2v) is 3.90. The van der Waals surface area contributed by atoms with Crippen LogP contribution in [0.25, 0.3) is 0 Å². The van der Waals surface area contributed by atoms with Crippen molar-refractivity contribution in [2.24, 2.45) is 0 Å². The Kier molecular flexibility index (Phi) is 3.41. The van der Waals surface area contributed by atoms with Crippen molar-refractivity contribution >= 4 is 17.3 Å². The summed E-state index contributed by atoms with van der Waals surface area (Å²) in [6.07, 6.45) is -4.40. The Bertz CT molecular complexity index is 503. The van der Waals surface area contributed by atoms with Crippen molar-refractivity contribution in [3.8, 4) is 11.5 Å². The van der Waals surface area contributed by atoms with Crippen LogP contribution in [0.3, 0.4) is 0 Å². The quantitative estimate of drug-likeness (QED) is 0.769.